The molecule has 1 saturated heterocycles. The maximum absolute atomic E-state index is 12.8. The molecule has 0 amide bonds. The van der Waals surface area contributed by atoms with E-state index in [2.05, 4.69) is 9.88 Å². The molecule has 0 bridgehead atoms. The monoisotopic (exact) mass is 433 g/mol. The molecule has 10 heteroatoms. The van der Waals surface area contributed by atoms with Crippen molar-refractivity contribution in [3.05, 3.63) is 47.0 Å². The molecule has 0 saturated carbocycles. The van der Waals surface area contributed by atoms with Gasteiger partial charge < -0.3 is 19.2 Å². The second-order valence-corrected chi connectivity index (χ2v) is 7.32. The van der Waals surface area contributed by atoms with Crippen molar-refractivity contribution >= 4 is 17.4 Å². The summed E-state index contributed by atoms with van der Waals surface area (Å²) < 4.78 is 49.0. The smallest absolute Gasteiger partial charge is 0.417 e. The van der Waals surface area contributed by atoms with Crippen LogP contribution in [0.3, 0.4) is 0 Å². The minimum Gasteiger partial charge on any atom is -0.467 e. The summed E-state index contributed by atoms with van der Waals surface area (Å²) in [6.45, 7) is 3.50. The number of anilines is 1. The molecule has 3 heterocycles. The van der Waals surface area contributed by atoms with Crippen molar-refractivity contribution in [2.45, 2.75) is 25.3 Å². The predicted octanol–water partition coefficient (Wildman–Crippen LogP) is 3.44. The van der Waals surface area contributed by atoms with Crippen LogP contribution >= 0.6 is 11.6 Å². The van der Waals surface area contributed by atoms with E-state index in [4.69, 9.17) is 20.8 Å². The highest BCUT2D eigenvalue weighted by Crippen LogP contribution is 2.33. The van der Waals surface area contributed by atoms with Gasteiger partial charge in [-0.25, -0.2) is 4.98 Å². The molecule has 160 valence electrons. The van der Waals surface area contributed by atoms with Gasteiger partial charge in [0.05, 0.1) is 29.6 Å². The molecule has 0 radical (unpaired) electrons. The Labute approximate surface area is 171 Å². The number of nitrogens with zero attached hydrogens (tertiary/aromatic N) is 3. The average Bonchev–Trinajstić information content (AvgIpc) is 3.07. The summed E-state index contributed by atoms with van der Waals surface area (Å²) in [6.07, 6.45) is -1.97. The molecule has 2 aromatic rings. The van der Waals surface area contributed by atoms with Crippen LogP contribution in [0.15, 0.2) is 35.1 Å². The molecule has 1 aliphatic rings. The van der Waals surface area contributed by atoms with Crippen LogP contribution in [0.4, 0.5) is 19.0 Å². The first-order valence-electron chi connectivity index (χ1n) is 9.31. The zero-order valence-corrected chi connectivity index (χ0v) is 16.5. The summed E-state index contributed by atoms with van der Waals surface area (Å²) in [6, 6.07) is 4.48. The van der Waals surface area contributed by atoms with Gasteiger partial charge in [0, 0.05) is 32.4 Å². The highest BCUT2D eigenvalue weighted by Gasteiger charge is 2.32. The number of halogens is 4. The minimum absolute atomic E-state index is 0.0142. The lowest BCUT2D eigenvalue weighted by Crippen LogP contribution is -2.37. The Kier molecular flexibility index (Phi) is 7.39. The third kappa shape index (κ3) is 6.33. The second kappa shape index (κ2) is 9.80. The summed E-state index contributed by atoms with van der Waals surface area (Å²) >= 11 is 6.06. The van der Waals surface area contributed by atoms with Crippen LogP contribution in [0, 0.1) is 0 Å². The van der Waals surface area contributed by atoms with Crippen LogP contribution in [-0.2, 0) is 17.5 Å². The number of hydrogen-bond donors (Lipinski definition) is 1. The maximum atomic E-state index is 12.8. The molecule has 1 aliphatic heterocycles. The van der Waals surface area contributed by atoms with Gasteiger partial charge >= 0.3 is 6.18 Å². The molecule has 0 aliphatic carbocycles. The van der Waals surface area contributed by atoms with Crippen molar-refractivity contribution < 1.29 is 27.4 Å². The summed E-state index contributed by atoms with van der Waals surface area (Å²) in [4.78, 5) is 7.91. The van der Waals surface area contributed by atoms with Crippen LogP contribution < -0.4 is 4.90 Å². The number of hydrogen-bond acceptors (Lipinski definition) is 6. The third-order valence-electron chi connectivity index (χ3n) is 4.64. The van der Waals surface area contributed by atoms with Gasteiger partial charge in [0.2, 0.25) is 0 Å². The normalized spacial score (nSPS) is 17.3. The number of pyridine rings is 1. The maximum Gasteiger partial charge on any atom is 0.417 e. The predicted molar refractivity (Wildman–Crippen MR) is 102 cm³/mol. The lowest BCUT2D eigenvalue weighted by molar-refractivity contribution is -0.137. The average molecular weight is 434 g/mol. The molecule has 1 unspecified atom stereocenters. The summed E-state index contributed by atoms with van der Waals surface area (Å²) in [5.74, 6) is 1.05. The molecular formula is C19H23ClF3N3O3. The minimum atomic E-state index is -4.47. The van der Waals surface area contributed by atoms with E-state index in [1.165, 1.54) is 0 Å². The fourth-order valence-corrected chi connectivity index (χ4v) is 3.51. The Morgan fingerprint density at radius 2 is 2.10 bits per heavy atom. The van der Waals surface area contributed by atoms with E-state index < -0.39 is 17.8 Å². The molecule has 2 aromatic heterocycles. The van der Waals surface area contributed by atoms with Gasteiger partial charge in [-0.3, -0.25) is 4.90 Å². The fourth-order valence-electron chi connectivity index (χ4n) is 3.22. The number of aliphatic hydroxyl groups excluding tert-OH is 1. The van der Waals surface area contributed by atoms with Crippen molar-refractivity contribution in [2.24, 2.45) is 0 Å². The molecule has 0 aromatic carbocycles. The summed E-state index contributed by atoms with van der Waals surface area (Å²) in [5.41, 5.74) is -0.861. The number of alkyl halides is 3. The number of aromatic nitrogens is 1. The van der Waals surface area contributed by atoms with Crippen LogP contribution in [0.1, 0.15) is 17.7 Å². The van der Waals surface area contributed by atoms with Crippen LogP contribution in [0.5, 0.6) is 0 Å². The van der Waals surface area contributed by atoms with Crippen molar-refractivity contribution in [2.75, 3.05) is 44.2 Å². The molecule has 29 heavy (non-hydrogen) atoms. The van der Waals surface area contributed by atoms with Gasteiger partial charge in [0.1, 0.15) is 18.2 Å². The van der Waals surface area contributed by atoms with Gasteiger partial charge in [-0.2, -0.15) is 13.2 Å². The number of aliphatic hydroxyl groups is 1. The Hall–Kier alpha value is -1.81. The number of β-amino-alcohol motifs (C(OH)–C–C–N with tert-alkyl or cyclic N) is 1. The first-order chi connectivity index (χ1) is 13.8. The number of furan rings is 1. The lowest BCUT2D eigenvalue weighted by atomic mass is 10.2. The molecule has 1 atom stereocenters. The highest BCUT2D eigenvalue weighted by molar-refractivity contribution is 6.33. The topological polar surface area (TPSA) is 62.0 Å². The Balaban J connectivity index is 1.48. The van der Waals surface area contributed by atoms with E-state index in [9.17, 15) is 18.3 Å². The number of rotatable bonds is 7. The molecule has 6 nitrogen and oxygen atoms in total. The van der Waals surface area contributed by atoms with E-state index in [1.54, 1.807) is 18.4 Å². The van der Waals surface area contributed by atoms with E-state index in [-0.39, 0.29) is 11.6 Å². The van der Waals surface area contributed by atoms with Gasteiger partial charge in [-0.1, -0.05) is 11.6 Å². The van der Waals surface area contributed by atoms with Crippen molar-refractivity contribution in [3.8, 4) is 0 Å². The zero-order chi connectivity index (χ0) is 20.9. The van der Waals surface area contributed by atoms with E-state index in [0.29, 0.717) is 44.4 Å². The number of ether oxygens (including phenoxy) is 1. The standard InChI is InChI=1S/C19H23ClF3N3O3/c20-17-9-14(19(21,22)23)10-24-18(17)26-5-2-4-25(6-7-26)11-15(27)12-28-13-16-3-1-8-29-16/h1,3,8-10,15,27H,2,4-7,11-13H2. The Morgan fingerprint density at radius 3 is 2.79 bits per heavy atom. The van der Waals surface area contributed by atoms with Gasteiger partial charge in [0.25, 0.3) is 0 Å². The van der Waals surface area contributed by atoms with Crippen molar-refractivity contribution in [3.63, 3.8) is 0 Å². The molecule has 0 spiro atoms. The third-order valence-corrected chi connectivity index (χ3v) is 4.92. The molecular weight excluding hydrogens is 411 g/mol. The Morgan fingerprint density at radius 1 is 1.28 bits per heavy atom. The molecule has 3 rings (SSSR count). The fraction of sp³-hybridized carbons (Fsp3) is 0.526. The van der Waals surface area contributed by atoms with Crippen molar-refractivity contribution in [1.29, 1.82) is 0 Å². The van der Waals surface area contributed by atoms with Gasteiger partial charge in [0.15, 0.2) is 0 Å². The van der Waals surface area contributed by atoms with Crippen molar-refractivity contribution in [1.82, 2.24) is 9.88 Å². The largest absolute Gasteiger partial charge is 0.467 e. The van der Waals surface area contributed by atoms with E-state index in [1.807, 2.05) is 4.90 Å². The Bertz CT molecular complexity index is 774. The second-order valence-electron chi connectivity index (χ2n) is 6.92. The van der Waals surface area contributed by atoms with Gasteiger partial charge in [-0.15, -0.1) is 0 Å². The zero-order valence-electron chi connectivity index (χ0n) is 15.7. The summed E-state index contributed by atoms with van der Waals surface area (Å²) in [5, 5.41) is 10.2. The van der Waals surface area contributed by atoms with E-state index in [0.717, 1.165) is 25.2 Å². The van der Waals surface area contributed by atoms with Gasteiger partial charge in [-0.05, 0) is 31.2 Å². The molecule has 1 N–H and O–H groups in total. The quantitative estimate of drug-likeness (QED) is 0.721. The van der Waals surface area contributed by atoms with Crippen LogP contribution in [-0.4, -0.2) is 60.4 Å². The summed E-state index contributed by atoms with van der Waals surface area (Å²) in [7, 11) is 0. The lowest BCUT2D eigenvalue weighted by Gasteiger charge is -2.25. The van der Waals surface area contributed by atoms with Crippen LogP contribution in [0.25, 0.3) is 0 Å². The molecule has 1 fully saturated rings. The first kappa shape index (κ1) is 21.9. The SMILES string of the molecule is OC(COCc1ccco1)CN1CCCN(c2ncc(C(F)(F)F)cc2Cl)CC1. The highest BCUT2D eigenvalue weighted by atomic mass is 35.5. The first-order valence-corrected chi connectivity index (χ1v) is 9.69. The van der Waals surface area contributed by atoms with E-state index >= 15 is 0 Å². The van der Waals surface area contributed by atoms with Crippen LogP contribution in [0.2, 0.25) is 5.02 Å².